The van der Waals surface area contributed by atoms with Crippen LogP contribution in [0.4, 0.5) is 0 Å². The van der Waals surface area contributed by atoms with Crippen molar-refractivity contribution in [2.75, 3.05) is 6.54 Å². The van der Waals surface area contributed by atoms with Gasteiger partial charge in [-0.3, -0.25) is 9.59 Å². The zero-order valence-electron chi connectivity index (χ0n) is 15.1. The Labute approximate surface area is 156 Å². The van der Waals surface area contributed by atoms with E-state index in [0.29, 0.717) is 17.9 Å². The van der Waals surface area contributed by atoms with E-state index in [-0.39, 0.29) is 29.3 Å². The van der Waals surface area contributed by atoms with Gasteiger partial charge in [0.1, 0.15) is 11.8 Å². The second-order valence-corrected chi connectivity index (χ2v) is 7.39. The van der Waals surface area contributed by atoms with Crippen LogP contribution in [-0.2, 0) is 4.79 Å². The predicted octanol–water partition coefficient (Wildman–Crippen LogP) is 3.47. The summed E-state index contributed by atoms with van der Waals surface area (Å²) >= 11 is 0. The fraction of sp³-hybridized carbons (Fsp3) is 0.381. The minimum Gasteiger partial charge on any atom is -0.480 e. The minimum absolute atomic E-state index is 0.0174. The average Bonchev–Trinajstić information content (AvgIpc) is 3.36. The van der Waals surface area contributed by atoms with Crippen LogP contribution in [0.3, 0.4) is 0 Å². The molecule has 27 heavy (non-hydrogen) atoms. The second-order valence-electron chi connectivity index (χ2n) is 7.39. The van der Waals surface area contributed by atoms with E-state index < -0.39 is 12.0 Å². The summed E-state index contributed by atoms with van der Waals surface area (Å²) in [5.74, 6) is -0.362. The van der Waals surface area contributed by atoms with Gasteiger partial charge < -0.3 is 14.4 Å². The van der Waals surface area contributed by atoms with E-state index in [0.717, 1.165) is 24.8 Å². The van der Waals surface area contributed by atoms with E-state index in [4.69, 9.17) is 4.42 Å². The Morgan fingerprint density at radius 1 is 1.07 bits per heavy atom. The maximum absolute atomic E-state index is 12.9. The van der Waals surface area contributed by atoms with Crippen LogP contribution in [0.2, 0.25) is 0 Å². The topological polar surface area (TPSA) is 87.8 Å². The van der Waals surface area contributed by atoms with Crippen molar-refractivity contribution >= 4 is 17.7 Å². The molecule has 2 aliphatic rings. The molecular weight excluding hydrogens is 346 g/mol. The number of furan rings is 1. The third kappa shape index (κ3) is 3.05. The lowest BCUT2D eigenvalue weighted by Crippen LogP contribution is -2.43. The molecule has 2 fully saturated rings. The molecule has 1 amide bonds. The first-order valence-corrected chi connectivity index (χ1v) is 9.20. The molecule has 1 aromatic carbocycles. The summed E-state index contributed by atoms with van der Waals surface area (Å²) in [5, 5.41) is 9.63. The van der Waals surface area contributed by atoms with Crippen LogP contribution in [0.25, 0.3) is 11.3 Å². The molecule has 1 aliphatic carbocycles. The second kappa shape index (κ2) is 6.68. The summed E-state index contributed by atoms with van der Waals surface area (Å²) < 4.78 is 5.73. The predicted molar refractivity (Wildman–Crippen MR) is 97.4 cm³/mol. The quantitative estimate of drug-likeness (QED) is 0.836. The van der Waals surface area contributed by atoms with Gasteiger partial charge in [-0.2, -0.15) is 0 Å². The van der Waals surface area contributed by atoms with E-state index in [1.807, 2.05) is 0 Å². The molecule has 140 valence electrons. The molecular formula is C21H21NO5. The van der Waals surface area contributed by atoms with Crippen LogP contribution < -0.4 is 0 Å². The van der Waals surface area contributed by atoms with E-state index in [9.17, 15) is 19.5 Å². The van der Waals surface area contributed by atoms with Crippen molar-refractivity contribution in [3.8, 4) is 11.3 Å². The lowest BCUT2D eigenvalue weighted by molar-refractivity contribution is -0.142. The lowest BCUT2D eigenvalue weighted by Gasteiger charge is -2.23. The number of fused-ring (bicyclic) bond motifs is 1. The molecule has 4 rings (SSSR count). The standard InChI is InChI=1S/C21H21NO5/c1-12(23)13-5-7-14(8-6-13)17-9-10-18(27-17)20(24)22-11-15-3-2-4-16(15)19(22)21(25)26/h5-10,15-16,19H,2-4,11H2,1H3,(H,25,26). The van der Waals surface area contributed by atoms with E-state index in [2.05, 4.69) is 0 Å². The van der Waals surface area contributed by atoms with Crippen molar-refractivity contribution in [1.29, 1.82) is 0 Å². The Kier molecular flexibility index (Phi) is 4.34. The van der Waals surface area contributed by atoms with E-state index in [1.165, 1.54) is 11.8 Å². The Morgan fingerprint density at radius 2 is 1.81 bits per heavy atom. The van der Waals surface area contributed by atoms with Crippen molar-refractivity contribution in [3.05, 3.63) is 47.7 Å². The number of ketones is 1. The highest BCUT2D eigenvalue weighted by molar-refractivity contribution is 5.96. The molecule has 1 N–H and O–H groups in total. The van der Waals surface area contributed by atoms with Gasteiger partial charge in [-0.15, -0.1) is 0 Å². The molecule has 0 radical (unpaired) electrons. The molecule has 2 heterocycles. The van der Waals surface area contributed by atoms with Crippen LogP contribution in [0, 0.1) is 11.8 Å². The number of rotatable bonds is 4. The third-order valence-electron chi connectivity index (χ3n) is 5.80. The highest BCUT2D eigenvalue weighted by atomic mass is 16.4. The van der Waals surface area contributed by atoms with Crippen LogP contribution >= 0.6 is 0 Å². The number of carboxylic acids is 1. The molecule has 2 aromatic rings. The average molecular weight is 367 g/mol. The lowest BCUT2D eigenvalue weighted by atomic mass is 9.94. The maximum atomic E-state index is 12.9. The molecule has 0 bridgehead atoms. The van der Waals surface area contributed by atoms with Gasteiger partial charge in [0, 0.05) is 17.7 Å². The number of aliphatic carboxylic acids is 1. The zero-order chi connectivity index (χ0) is 19.1. The van der Waals surface area contributed by atoms with Crippen LogP contribution in [-0.4, -0.2) is 40.3 Å². The van der Waals surface area contributed by atoms with Crippen LogP contribution in [0.5, 0.6) is 0 Å². The fourth-order valence-corrected chi connectivity index (χ4v) is 4.45. The largest absolute Gasteiger partial charge is 0.480 e. The number of amides is 1. The van der Waals surface area contributed by atoms with Crippen molar-refractivity contribution in [3.63, 3.8) is 0 Å². The first-order chi connectivity index (χ1) is 13.0. The molecule has 1 saturated carbocycles. The third-order valence-corrected chi connectivity index (χ3v) is 5.80. The Morgan fingerprint density at radius 3 is 2.48 bits per heavy atom. The maximum Gasteiger partial charge on any atom is 0.326 e. The Bertz CT molecular complexity index is 898. The SMILES string of the molecule is CC(=O)c1ccc(-c2ccc(C(=O)N3CC4CCCC4C3C(=O)O)o2)cc1. The van der Waals surface area contributed by atoms with Gasteiger partial charge in [-0.25, -0.2) is 4.79 Å². The summed E-state index contributed by atoms with van der Waals surface area (Å²) in [5.41, 5.74) is 1.36. The van der Waals surface area contributed by atoms with E-state index >= 15 is 0 Å². The number of likely N-dealkylation sites (tertiary alicyclic amines) is 1. The van der Waals surface area contributed by atoms with Crippen LogP contribution in [0.1, 0.15) is 47.1 Å². The number of benzene rings is 1. The van der Waals surface area contributed by atoms with Gasteiger partial charge in [-0.05, 0) is 43.7 Å². The first kappa shape index (κ1) is 17.5. The van der Waals surface area contributed by atoms with Gasteiger partial charge in [0.25, 0.3) is 5.91 Å². The highest BCUT2D eigenvalue weighted by Gasteiger charge is 2.50. The molecule has 6 nitrogen and oxygen atoms in total. The molecule has 3 atom stereocenters. The normalized spacial score (nSPS) is 24.0. The van der Waals surface area contributed by atoms with Gasteiger partial charge in [0.05, 0.1) is 0 Å². The van der Waals surface area contributed by atoms with Gasteiger partial charge in [0.15, 0.2) is 11.5 Å². The summed E-state index contributed by atoms with van der Waals surface area (Å²) in [4.78, 5) is 37.5. The number of carbonyl (C=O) groups excluding carboxylic acids is 2. The van der Waals surface area contributed by atoms with Crippen molar-refractivity contribution in [1.82, 2.24) is 4.90 Å². The van der Waals surface area contributed by atoms with Crippen molar-refractivity contribution in [2.24, 2.45) is 11.8 Å². The summed E-state index contributed by atoms with van der Waals surface area (Å²) in [6.45, 7) is 1.98. The van der Waals surface area contributed by atoms with Gasteiger partial charge >= 0.3 is 5.97 Å². The Balaban J connectivity index is 1.56. The summed E-state index contributed by atoms with van der Waals surface area (Å²) in [6.07, 6.45) is 2.86. The number of Topliss-reactive ketones (excluding diaryl/α,β-unsaturated/α-hetero) is 1. The molecule has 1 saturated heterocycles. The monoisotopic (exact) mass is 367 g/mol. The minimum atomic E-state index is -0.940. The fourth-order valence-electron chi connectivity index (χ4n) is 4.45. The van der Waals surface area contributed by atoms with E-state index in [1.54, 1.807) is 36.4 Å². The molecule has 6 heteroatoms. The zero-order valence-corrected chi connectivity index (χ0v) is 15.1. The molecule has 3 unspecified atom stereocenters. The van der Waals surface area contributed by atoms with Crippen molar-refractivity contribution < 1.29 is 23.9 Å². The molecule has 1 aromatic heterocycles. The summed E-state index contributed by atoms with van der Waals surface area (Å²) in [7, 11) is 0. The van der Waals surface area contributed by atoms with Gasteiger partial charge in [-0.1, -0.05) is 30.7 Å². The molecule has 1 aliphatic heterocycles. The number of nitrogens with zero attached hydrogens (tertiary/aromatic N) is 1. The molecule has 0 spiro atoms. The van der Waals surface area contributed by atoms with Crippen LogP contribution in [0.15, 0.2) is 40.8 Å². The highest BCUT2D eigenvalue weighted by Crippen LogP contribution is 2.43. The number of carbonyl (C=O) groups is 3. The van der Waals surface area contributed by atoms with Crippen molar-refractivity contribution in [2.45, 2.75) is 32.2 Å². The number of hydrogen-bond donors (Lipinski definition) is 1. The smallest absolute Gasteiger partial charge is 0.326 e. The van der Waals surface area contributed by atoms with Gasteiger partial charge in [0.2, 0.25) is 0 Å². The Hall–Kier alpha value is -2.89. The summed E-state index contributed by atoms with van der Waals surface area (Å²) in [6, 6.07) is 9.47. The number of carboxylic acid groups (broad SMARTS) is 1. The number of hydrogen-bond acceptors (Lipinski definition) is 4. The first-order valence-electron chi connectivity index (χ1n) is 9.20.